The SMILES string of the molecule is CC(C)c1cc2c(c(O)c1O)[C@@]1(c3nnc(-c4ccc(C#N)cc4)o3)CCCC(C)(C)[C@@H]1CC2. The molecular weight excluding hydrogens is 426 g/mol. The molecule has 6 heteroatoms. The van der Waals surface area contributed by atoms with E-state index in [9.17, 15) is 10.2 Å². The molecule has 0 spiro atoms. The smallest absolute Gasteiger partial charge is 0.247 e. The molecule has 3 aromatic rings. The van der Waals surface area contributed by atoms with Gasteiger partial charge in [-0.05, 0) is 72.8 Å². The van der Waals surface area contributed by atoms with Crippen molar-refractivity contribution in [2.45, 2.75) is 71.1 Å². The van der Waals surface area contributed by atoms with Crippen LogP contribution in [0.3, 0.4) is 0 Å². The van der Waals surface area contributed by atoms with Crippen molar-refractivity contribution < 1.29 is 14.6 Å². The molecule has 2 aromatic carbocycles. The average molecular weight is 458 g/mol. The van der Waals surface area contributed by atoms with Gasteiger partial charge in [0, 0.05) is 16.7 Å². The first kappa shape index (κ1) is 22.5. The number of hydrogen-bond donors (Lipinski definition) is 2. The summed E-state index contributed by atoms with van der Waals surface area (Å²) in [7, 11) is 0. The first-order chi connectivity index (χ1) is 16.2. The number of aromatic hydroxyl groups is 2. The molecule has 0 bridgehead atoms. The number of benzene rings is 2. The van der Waals surface area contributed by atoms with Crippen LogP contribution >= 0.6 is 0 Å². The summed E-state index contributed by atoms with van der Waals surface area (Å²) in [6.07, 6.45) is 4.62. The van der Waals surface area contributed by atoms with Gasteiger partial charge in [-0.1, -0.05) is 40.2 Å². The Morgan fingerprint density at radius 1 is 1.09 bits per heavy atom. The highest BCUT2D eigenvalue weighted by Gasteiger charge is 2.58. The third kappa shape index (κ3) is 3.21. The fraction of sp³-hybridized carbons (Fsp3) is 0.464. The lowest BCUT2D eigenvalue weighted by Crippen LogP contribution is -2.50. The van der Waals surface area contributed by atoms with Crippen LogP contribution in [0.4, 0.5) is 0 Å². The third-order valence-corrected chi connectivity index (χ3v) is 8.15. The lowest BCUT2D eigenvalue weighted by Gasteiger charge is -2.54. The van der Waals surface area contributed by atoms with Crippen molar-refractivity contribution in [2.75, 3.05) is 0 Å². The van der Waals surface area contributed by atoms with Crippen molar-refractivity contribution in [3.05, 3.63) is 58.5 Å². The Balaban J connectivity index is 1.72. The molecule has 0 saturated heterocycles. The van der Waals surface area contributed by atoms with E-state index in [1.165, 1.54) is 0 Å². The van der Waals surface area contributed by atoms with Crippen LogP contribution < -0.4 is 0 Å². The number of nitriles is 1. The van der Waals surface area contributed by atoms with Crippen LogP contribution in [0.1, 0.15) is 87.4 Å². The molecule has 5 rings (SSSR count). The predicted molar refractivity (Wildman–Crippen MR) is 129 cm³/mol. The number of aryl methyl sites for hydroxylation is 1. The van der Waals surface area contributed by atoms with Gasteiger partial charge in [0.2, 0.25) is 11.8 Å². The maximum Gasteiger partial charge on any atom is 0.247 e. The largest absolute Gasteiger partial charge is 0.504 e. The summed E-state index contributed by atoms with van der Waals surface area (Å²) in [5, 5.41) is 40.4. The van der Waals surface area contributed by atoms with Crippen LogP contribution in [0.2, 0.25) is 0 Å². The van der Waals surface area contributed by atoms with Crippen molar-refractivity contribution in [3.63, 3.8) is 0 Å². The normalized spacial score (nSPS) is 23.2. The van der Waals surface area contributed by atoms with Crippen LogP contribution in [0.25, 0.3) is 11.5 Å². The molecule has 1 saturated carbocycles. The molecule has 34 heavy (non-hydrogen) atoms. The molecule has 6 nitrogen and oxygen atoms in total. The van der Waals surface area contributed by atoms with E-state index in [0.717, 1.165) is 54.4 Å². The lowest BCUT2D eigenvalue weighted by molar-refractivity contribution is 0.0363. The van der Waals surface area contributed by atoms with Crippen molar-refractivity contribution in [3.8, 4) is 29.0 Å². The summed E-state index contributed by atoms with van der Waals surface area (Å²) in [5.41, 5.74) is 3.25. The number of phenolic OH excluding ortho intramolecular Hbond substituents is 2. The zero-order valence-electron chi connectivity index (χ0n) is 20.2. The Bertz CT molecular complexity index is 1280. The van der Waals surface area contributed by atoms with Crippen LogP contribution in [-0.2, 0) is 11.8 Å². The maximum atomic E-state index is 11.4. The molecule has 2 N–H and O–H groups in total. The Hall–Kier alpha value is -3.33. The number of aromatic nitrogens is 2. The molecule has 2 aliphatic rings. The quantitative estimate of drug-likeness (QED) is 0.454. The second-order valence-electron chi connectivity index (χ2n) is 10.9. The zero-order valence-corrected chi connectivity index (χ0v) is 20.2. The summed E-state index contributed by atoms with van der Waals surface area (Å²) >= 11 is 0. The lowest BCUT2D eigenvalue weighted by atomic mass is 9.49. The summed E-state index contributed by atoms with van der Waals surface area (Å²) in [4.78, 5) is 0. The summed E-state index contributed by atoms with van der Waals surface area (Å²) < 4.78 is 6.37. The fourth-order valence-corrected chi connectivity index (χ4v) is 6.52. The Kier molecular flexibility index (Phi) is 5.20. The highest BCUT2D eigenvalue weighted by atomic mass is 16.4. The van der Waals surface area contributed by atoms with E-state index in [1.807, 2.05) is 26.0 Å². The second-order valence-corrected chi connectivity index (χ2v) is 10.9. The highest BCUT2D eigenvalue weighted by molar-refractivity contribution is 5.61. The number of nitrogens with zero attached hydrogens (tertiary/aromatic N) is 3. The van der Waals surface area contributed by atoms with Gasteiger partial charge in [-0.2, -0.15) is 5.26 Å². The zero-order chi connectivity index (χ0) is 24.3. The minimum atomic E-state index is -0.662. The van der Waals surface area contributed by atoms with Crippen LogP contribution in [-0.4, -0.2) is 20.4 Å². The standard InChI is InChI=1S/C28H31N3O3/c1-16(2)20-14-19-10-11-21-27(3,4)12-5-13-28(21,22(19)24(33)23(20)32)26-31-30-25(34-26)18-8-6-17(15-29)7-9-18/h6-9,14,16,21,32-33H,5,10-13H2,1-4H3/t21-,28+/m0/s1. The van der Waals surface area contributed by atoms with E-state index in [0.29, 0.717) is 17.3 Å². The van der Waals surface area contributed by atoms with Gasteiger partial charge in [0.25, 0.3) is 0 Å². The van der Waals surface area contributed by atoms with Gasteiger partial charge in [0.05, 0.1) is 17.0 Å². The Morgan fingerprint density at radius 3 is 2.50 bits per heavy atom. The van der Waals surface area contributed by atoms with E-state index in [2.05, 4.69) is 36.2 Å². The average Bonchev–Trinajstić information content (AvgIpc) is 3.31. The van der Waals surface area contributed by atoms with E-state index < -0.39 is 5.41 Å². The molecule has 1 fully saturated rings. The van der Waals surface area contributed by atoms with Gasteiger partial charge in [0.1, 0.15) is 0 Å². The van der Waals surface area contributed by atoms with Crippen molar-refractivity contribution in [1.82, 2.24) is 10.2 Å². The van der Waals surface area contributed by atoms with Crippen molar-refractivity contribution in [1.29, 1.82) is 5.26 Å². The van der Waals surface area contributed by atoms with E-state index in [4.69, 9.17) is 9.68 Å². The van der Waals surface area contributed by atoms with Gasteiger partial charge in [0.15, 0.2) is 11.5 Å². The van der Waals surface area contributed by atoms with E-state index >= 15 is 0 Å². The third-order valence-electron chi connectivity index (χ3n) is 8.15. The Morgan fingerprint density at radius 2 is 1.82 bits per heavy atom. The highest BCUT2D eigenvalue weighted by Crippen LogP contribution is 2.63. The molecule has 176 valence electrons. The molecule has 0 aliphatic heterocycles. The van der Waals surface area contributed by atoms with Gasteiger partial charge in [-0.25, -0.2) is 0 Å². The van der Waals surface area contributed by atoms with Crippen LogP contribution in [0.15, 0.2) is 34.7 Å². The second kappa shape index (κ2) is 7.87. The van der Waals surface area contributed by atoms with Gasteiger partial charge >= 0.3 is 0 Å². The summed E-state index contributed by atoms with van der Waals surface area (Å²) in [5.74, 6) is 1.10. The molecule has 0 amide bonds. The minimum absolute atomic E-state index is 0.0117. The number of hydrogen-bond acceptors (Lipinski definition) is 6. The predicted octanol–water partition coefficient (Wildman–Crippen LogP) is 6.20. The number of rotatable bonds is 3. The van der Waals surface area contributed by atoms with E-state index in [1.54, 1.807) is 12.1 Å². The van der Waals surface area contributed by atoms with Gasteiger partial charge in [-0.15, -0.1) is 10.2 Å². The first-order valence-electron chi connectivity index (χ1n) is 12.1. The van der Waals surface area contributed by atoms with Gasteiger partial charge < -0.3 is 14.6 Å². The first-order valence-corrected chi connectivity index (χ1v) is 12.1. The molecule has 1 heterocycles. The fourth-order valence-electron chi connectivity index (χ4n) is 6.52. The summed E-state index contributed by atoms with van der Waals surface area (Å²) in [6, 6.07) is 11.3. The maximum absolute atomic E-state index is 11.4. The molecule has 0 radical (unpaired) electrons. The number of phenols is 2. The number of fused-ring (bicyclic) bond motifs is 3. The molecule has 0 unspecified atom stereocenters. The van der Waals surface area contributed by atoms with Crippen LogP contribution in [0.5, 0.6) is 11.5 Å². The van der Waals surface area contributed by atoms with Crippen molar-refractivity contribution in [2.24, 2.45) is 11.3 Å². The van der Waals surface area contributed by atoms with Crippen LogP contribution in [0, 0.1) is 22.7 Å². The van der Waals surface area contributed by atoms with E-state index in [-0.39, 0.29) is 28.7 Å². The minimum Gasteiger partial charge on any atom is -0.504 e. The topological polar surface area (TPSA) is 103 Å². The van der Waals surface area contributed by atoms with Gasteiger partial charge in [-0.3, -0.25) is 0 Å². The monoisotopic (exact) mass is 457 g/mol. The molecule has 1 aromatic heterocycles. The van der Waals surface area contributed by atoms with Crippen molar-refractivity contribution >= 4 is 0 Å². The summed E-state index contributed by atoms with van der Waals surface area (Å²) in [6.45, 7) is 8.61. The molecule has 2 atom stereocenters. The molecular formula is C28H31N3O3. The molecule has 2 aliphatic carbocycles. The Labute approximate surface area is 200 Å².